The molecule has 0 atom stereocenters. The molecule has 0 aromatic heterocycles. The lowest BCUT2D eigenvalue weighted by Gasteiger charge is -2.04. The van der Waals surface area contributed by atoms with Crippen LogP contribution >= 0.6 is 0 Å². The quantitative estimate of drug-likeness (QED) is 0.475. The summed E-state index contributed by atoms with van der Waals surface area (Å²) in [5.41, 5.74) is 1.92. The predicted molar refractivity (Wildman–Crippen MR) is 89.6 cm³/mol. The largest absolute Gasteiger partial charge is 0.465 e. The molecule has 0 radical (unpaired) electrons. The fourth-order valence-corrected chi connectivity index (χ4v) is 1.87. The zero-order chi connectivity index (χ0) is 18.1. The van der Waals surface area contributed by atoms with Crippen molar-refractivity contribution in [3.63, 3.8) is 0 Å². The maximum atomic E-state index is 12.8. The summed E-state index contributed by atoms with van der Waals surface area (Å²) in [6, 6.07) is 12.4. The van der Waals surface area contributed by atoms with Gasteiger partial charge in [0, 0.05) is 6.54 Å². The van der Waals surface area contributed by atoms with Crippen molar-refractivity contribution in [3.8, 4) is 0 Å². The van der Waals surface area contributed by atoms with E-state index >= 15 is 0 Å². The van der Waals surface area contributed by atoms with E-state index in [0.29, 0.717) is 11.1 Å². The summed E-state index contributed by atoms with van der Waals surface area (Å²) in [5, 5.41) is 6.32. The molecule has 0 saturated heterocycles. The highest BCUT2D eigenvalue weighted by atomic mass is 19.1. The number of oxime groups is 1. The molecule has 0 aliphatic carbocycles. The van der Waals surface area contributed by atoms with E-state index in [2.05, 4.69) is 15.2 Å². The van der Waals surface area contributed by atoms with Gasteiger partial charge in [0.05, 0.1) is 18.9 Å². The number of benzene rings is 2. The molecule has 0 bridgehead atoms. The van der Waals surface area contributed by atoms with Crippen LogP contribution in [-0.4, -0.2) is 31.8 Å². The molecular weight excluding hydrogens is 327 g/mol. The molecule has 6 nitrogen and oxygen atoms in total. The SMILES string of the molecule is COC(=O)c1ccc(C=NOCC(=O)NCc2ccc(F)cc2)cc1. The third-order valence-electron chi connectivity index (χ3n) is 3.21. The zero-order valence-electron chi connectivity index (χ0n) is 13.6. The lowest BCUT2D eigenvalue weighted by atomic mass is 10.1. The fourth-order valence-electron chi connectivity index (χ4n) is 1.87. The van der Waals surface area contributed by atoms with E-state index in [1.165, 1.54) is 25.5 Å². The Morgan fingerprint density at radius 3 is 2.44 bits per heavy atom. The van der Waals surface area contributed by atoms with Gasteiger partial charge in [0.25, 0.3) is 5.91 Å². The lowest BCUT2D eigenvalue weighted by molar-refractivity contribution is -0.125. The third-order valence-corrected chi connectivity index (χ3v) is 3.21. The topological polar surface area (TPSA) is 77.0 Å². The van der Waals surface area contributed by atoms with Gasteiger partial charge in [0.1, 0.15) is 5.82 Å². The molecule has 25 heavy (non-hydrogen) atoms. The standard InChI is InChI=1S/C18H17FN2O4/c1-24-18(23)15-6-2-14(3-7-15)11-21-25-12-17(22)20-10-13-4-8-16(19)9-5-13/h2-9,11H,10,12H2,1H3,(H,20,22). The second-order valence-corrected chi connectivity index (χ2v) is 5.02. The number of esters is 1. The maximum absolute atomic E-state index is 12.8. The van der Waals surface area contributed by atoms with Gasteiger partial charge >= 0.3 is 5.97 Å². The summed E-state index contributed by atoms with van der Waals surface area (Å²) in [7, 11) is 1.31. The smallest absolute Gasteiger partial charge is 0.337 e. The number of carbonyl (C=O) groups is 2. The first kappa shape index (κ1) is 18.1. The van der Waals surface area contributed by atoms with Crippen LogP contribution in [0.4, 0.5) is 4.39 Å². The molecule has 0 aliphatic heterocycles. The van der Waals surface area contributed by atoms with Crippen LogP contribution in [0.3, 0.4) is 0 Å². The number of ether oxygens (including phenoxy) is 1. The van der Waals surface area contributed by atoms with Crippen molar-refractivity contribution in [1.29, 1.82) is 0 Å². The summed E-state index contributed by atoms with van der Waals surface area (Å²) in [6.45, 7) is 0.0408. The number of halogens is 1. The van der Waals surface area contributed by atoms with Crippen LogP contribution < -0.4 is 5.32 Å². The molecule has 0 fully saturated rings. The molecule has 0 saturated carbocycles. The number of amides is 1. The molecule has 1 N–H and O–H groups in total. The molecule has 7 heteroatoms. The molecule has 1 amide bonds. The number of methoxy groups -OCH3 is 1. The van der Waals surface area contributed by atoms with Gasteiger partial charge < -0.3 is 14.9 Å². The van der Waals surface area contributed by atoms with Crippen LogP contribution in [0.5, 0.6) is 0 Å². The first-order valence-electron chi connectivity index (χ1n) is 7.43. The zero-order valence-corrected chi connectivity index (χ0v) is 13.6. The fraction of sp³-hybridized carbons (Fsp3) is 0.167. The normalized spacial score (nSPS) is 10.5. The van der Waals surface area contributed by atoms with Crippen molar-refractivity contribution in [2.45, 2.75) is 6.54 Å². The Hall–Kier alpha value is -3.22. The van der Waals surface area contributed by atoms with E-state index in [0.717, 1.165) is 5.56 Å². The van der Waals surface area contributed by atoms with E-state index in [9.17, 15) is 14.0 Å². The average Bonchev–Trinajstić information content (AvgIpc) is 2.64. The first-order valence-corrected chi connectivity index (χ1v) is 7.43. The summed E-state index contributed by atoms with van der Waals surface area (Å²) >= 11 is 0. The Bertz CT molecular complexity index is 743. The first-order chi connectivity index (χ1) is 12.1. The van der Waals surface area contributed by atoms with Crippen LogP contribution in [-0.2, 0) is 20.9 Å². The molecule has 0 aliphatic rings. The molecule has 130 valence electrons. The van der Waals surface area contributed by atoms with E-state index in [1.807, 2.05) is 0 Å². The summed E-state index contributed by atoms with van der Waals surface area (Å²) in [5.74, 6) is -1.09. The Labute approximate surface area is 144 Å². The van der Waals surface area contributed by atoms with E-state index < -0.39 is 5.97 Å². The van der Waals surface area contributed by atoms with E-state index in [4.69, 9.17) is 4.84 Å². The molecule has 2 aromatic carbocycles. The van der Waals surface area contributed by atoms with Gasteiger partial charge in [0.2, 0.25) is 0 Å². The average molecular weight is 344 g/mol. The summed E-state index contributed by atoms with van der Waals surface area (Å²) in [4.78, 5) is 27.8. The number of nitrogens with zero attached hydrogens (tertiary/aromatic N) is 1. The number of carbonyl (C=O) groups excluding carboxylic acids is 2. The number of hydrogen-bond donors (Lipinski definition) is 1. The maximum Gasteiger partial charge on any atom is 0.337 e. The minimum atomic E-state index is -0.419. The van der Waals surface area contributed by atoms with Gasteiger partial charge in [-0.25, -0.2) is 9.18 Å². The van der Waals surface area contributed by atoms with Crippen LogP contribution in [0.2, 0.25) is 0 Å². The highest BCUT2D eigenvalue weighted by Gasteiger charge is 2.04. The van der Waals surface area contributed by atoms with Crippen LogP contribution in [0.15, 0.2) is 53.7 Å². The van der Waals surface area contributed by atoms with Crippen molar-refractivity contribution in [2.24, 2.45) is 5.16 Å². The summed E-state index contributed by atoms with van der Waals surface area (Å²) in [6.07, 6.45) is 1.42. The Morgan fingerprint density at radius 1 is 1.12 bits per heavy atom. The van der Waals surface area contributed by atoms with Gasteiger partial charge in [-0.05, 0) is 35.4 Å². The second-order valence-electron chi connectivity index (χ2n) is 5.02. The third kappa shape index (κ3) is 6.06. The van der Waals surface area contributed by atoms with Crippen LogP contribution in [0.1, 0.15) is 21.5 Å². The molecular formula is C18H17FN2O4. The second kappa shape index (κ2) is 9.17. The number of nitrogens with one attached hydrogen (secondary N) is 1. The monoisotopic (exact) mass is 344 g/mol. The van der Waals surface area contributed by atoms with Crippen molar-refractivity contribution in [3.05, 3.63) is 71.0 Å². The van der Waals surface area contributed by atoms with Gasteiger partial charge in [-0.1, -0.05) is 29.4 Å². The predicted octanol–water partition coefficient (Wildman–Crippen LogP) is 2.28. The molecule has 0 heterocycles. The minimum absolute atomic E-state index is 0.238. The van der Waals surface area contributed by atoms with Gasteiger partial charge in [-0.15, -0.1) is 0 Å². The molecule has 0 unspecified atom stereocenters. The van der Waals surface area contributed by atoms with Gasteiger partial charge in [-0.2, -0.15) is 0 Å². The number of rotatable bonds is 7. The Morgan fingerprint density at radius 2 is 1.80 bits per heavy atom. The highest BCUT2D eigenvalue weighted by molar-refractivity contribution is 5.90. The van der Waals surface area contributed by atoms with Gasteiger partial charge in [-0.3, -0.25) is 4.79 Å². The van der Waals surface area contributed by atoms with Crippen molar-refractivity contribution in [1.82, 2.24) is 5.32 Å². The van der Waals surface area contributed by atoms with Crippen LogP contribution in [0, 0.1) is 5.82 Å². The van der Waals surface area contributed by atoms with Crippen molar-refractivity contribution >= 4 is 18.1 Å². The molecule has 2 aromatic rings. The Kier molecular flexibility index (Phi) is 6.65. The van der Waals surface area contributed by atoms with Crippen LogP contribution in [0.25, 0.3) is 0 Å². The van der Waals surface area contributed by atoms with Gasteiger partial charge in [0.15, 0.2) is 6.61 Å². The minimum Gasteiger partial charge on any atom is -0.465 e. The lowest BCUT2D eigenvalue weighted by Crippen LogP contribution is -2.26. The highest BCUT2D eigenvalue weighted by Crippen LogP contribution is 2.04. The Balaban J connectivity index is 1.72. The molecule has 0 spiro atoms. The molecule has 2 rings (SSSR count). The van der Waals surface area contributed by atoms with Crippen molar-refractivity contribution in [2.75, 3.05) is 13.7 Å². The van der Waals surface area contributed by atoms with Crippen molar-refractivity contribution < 1.29 is 23.6 Å². The summed E-state index contributed by atoms with van der Waals surface area (Å²) < 4.78 is 17.4. The van der Waals surface area contributed by atoms with E-state index in [1.54, 1.807) is 36.4 Å². The number of hydrogen-bond acceptors (Lipinski definition) is 5. The van der Waals surface area contributed by atoms with E-state index in [-0.39, 0.29) is 24.9 Å².